The maximum Gasteiger partial charge on any atom is 0.405 e. The van der Waals surface area contributed by atoms with E-state index in [1.165, 1.54) is 0 Å². The van der Waals surface area contributed by atoms with Crippen LogP contribution in [0.1, 0.15) is 25.7 Å². The van der Waals surface area contributed by atoms with E-state index in [2.05, 4.69) is 0 Å². The van der Waals surface area contributed by atoms with Crippen LogP contribution in [-0.4, -0.2) is 43.1 Å². The van der Waals surface area contributed by atoms with E-state index in [0.717, 1.165) is 25.7 Å². The van der Waals surface area contributed by atoms with Crippen molar-refractivity contribution >= 4 is 5.91 Å². The molecule has 1 aliphatic rings. The number of aliphatic hydroxyl groups is 1. The highest BCUT2D eigenvalue weighted by molar-refractivity contribution is 5.77. The Kier molecular flexibility index (Phi) is 5.87. The molecule has 18 heavy (non-hydrogen) atoms. The zero-order valence-corrected chi connectivity index (χ0v) is 10.0. The smallest absolute Gasteiger partial charge is 0.396 e. The molecule has 0 unspecified atom stereocenters. The lowest BCUT2D eigenvalue weighted by Crippen LogP contribution is -2.37. The average Bonchev–Trinajstić information content (AvgIpc) is 2.33. The van der Waals surface area contributed by atoms with Crippen LogP contribution in [0.5, 0.6) is 0 Å². The first kappa shape index (κ1) is 15.2. The minimum absolute atomic E-state index is 0.0931. The molecule has 0 aliphatic heterocycles. The number of hydrogen-bond acceptors (Lipinski definition) is 3. The van der Waals surface area contributed by atoms with Crippen molar-refractivity contribution in [3.63, 3.8) is 0 Å². The molecule has 1 rings (SSSR count). The van der Waals surface area contributed by atoms with Gasteiger partial charge in [-0.25, -0.2) is 0 Å². The average molecular weight is 269 g/mol. The van der Waals surface area contributed by atoms with Crippen molar-refractivity contribution in [2.45, 2.75) is 38.0 Å². The third-order valence-electron chi connectivity index (χ3n) is 2.99. The summed E-state index contributed by atoms with van der Waals surface area (Å²) >= 11 is 0. The highest BCUT2D eigenvalue weighted by atomic mass is 19.4. The molecule has 1 amide bonds. The third-order valence-corrected chi connectivity index (χ3v) is 2.99. The maximum absolute atomic E-state index is 11.8. The maximum atomic E-state index is 11.8. The number of carbonyl (C=O) groups is 1. The zero-order chi connectivity index (χ0) is 13.6. The standard InChI is InChI=1S/C11H18F3NO3/c12-11(13,14)7-15-10(17)6-18-9-3-1-8(5-16)2-4-9/h8-9,16H,1-7H2,(H,15,17). The first-order valence-corrected chi connectivity index (χ1v) is 5.96. The predicted octanol–water partition coefficient (Wildman–Crippen LogP) is 1.23. The molecule has 0 aromatic carbocycles. The van der Waals surface area contributed by atoms with Crippen molar-refractivity contribution in [2.24, 2.45) is 5.92 Å². The molecule has 0 bridgehead atoms. The Labute approximate surface area is 103 Å². The quantitative estimate of drug-likeness (QED) is 0.789. The highest BCUT2D eigenvalue weighted by Gasteiger charge is 2.28. The number of aliphatic hydroxyl groups excluding tert-OH is 1. The van der Waals surface area contributed by atoms with Crippen molar-refractivity contribution < 1.29 is 27.8 Å². The number of hydrogen-bond donors (Lipinski definition) is 2. The molecule has 4 nitrogen and oxygen atoms in total. The second-order valence-electron chi connectivity index (χ2n) is 4.53. The molecule has 2 N–H and O–H groups in total. The summed E-state index contributed by atoms with van der Waals surface area (Å²) in [4.78, 5) is 11.1. The first-order valence-electron chi connectivity index (χ1n) is 5.96. The van der Waals surface area contributed by atoms with E-state index < -0.39 is 18.6 Å². The normalized spacial score (nSPS) is 24.9. The summed E-state index contributed by atoms with van der Waals surface area (Å²) in [6.07, 6.45) is -1.37. The van der Waals surface area contributed by atoms with Gasteiger partial charge in [0.2, 0.25) is 5.91 Å². The van der Waals surface area contributed by atoms with E-state index in [9.17, 15) is 18.0 Å². The SMILES string of the molecule is O=C(COC1CCC(CO)CC1)NCC(F)(F)F. The second-order valence-corrected chi connectivity index (χ2v) is 4.53. The van der Waals surface area contributed by atoms with Crippen LogP contribution in [0.15, 0.2) is 0 Å². The lowest BCUT2D eigenvalue weighted by molar-refractivity contribution is -0.142. The minimum Gasteiger partial charge on any atom is -0.396 e. The van der Waals surface area contributed by atoms with E-state index in [4.69, 9.17) is 9.84 Å². The van der Waals surface area contributed by atoms with Gasteiger partial charge in [0.1, 0.15) is 13.2 Å². The van der Waals surface area contributed by atoms with Gasteiger partial charge in [0.15, 0.2) is 0 Å². The minimum atomic E-state index is -4.39. The van der Waals surface area contributed by atoms with E-state index >= 15 is 0 Å². The molecule has 0 saturated heterocycles. The van der Waals surface area contributed by atoms with Crippen LogP contribution in [-0.2, 0) is 9.53 Å². The molecule has 0 radical (unpaired) electrons. The largest absolute Gasteiger partial charge is 0.405 e. The summed E-state index contributed by atoms with van der Waals surface area (Å²) in [5, 5.41) is 10.7. The Bertz CT molecular complexity index is 263. The Balaban J connectivity index is 2.12. The highest BCUT2D eigenvalue weighted by Crippen LogP contribution is 2.25. The van der Waals surface area contributed by atoms with Gasteiger partial charge >= 0.3 is 6.18 Å². The molecular weight excluding hydrogens is 251 g/mol. The fourth-order valence-electron chi connectivity index (χ4n) is 1.92. The van der Waals surface area contributed by atoms with Crippen LogP contribution < -0.4 is 5.32 Å². The molecule has 1 fully saturated rings. The zero-order valence-electron chi connectivity index (χ0n) is 10.0. The van der Waals surface area contributed by atoms with Gasteiger partial charge in [0.05, 0.1) is 6.10 Å². The van der Waals surface area contributed by atoms with E-state index in [1.807, 2.05) is 0 Å². The summed E-state index contributed by atoms with van der Waals surface area (Å²) in [6, 6.07) is 0. The van der Waals surface area contributed by atoms with Crippen molar-refractivity contribution in [3.8, 4) is 0 Å². The van der Waals surface area contributed by atoms with Crippen LogP contribution >= 0.6 is 0 Å². The Morgan fingerprint density at radius 3 is 2.39 bits per heavy atom. The summed E-state index contributed by atoms with van der Waals surface area (Å²) in [5.74, 6) is -0.472. The Morgan fingerprint density at radius 1 is 1.28 bits per heavy atom. The lowest BCUT2D eigenvalue weighted by Gasteiger charge is -2.27. The van der Waals surface area contributed by atoms with Crippen LogP contribution in [0, 0.1) is 5.92 Å². The molecular formula is C11H18F3NO3. The van der Waals surface area contributed by atoms with Gasteiger partial charge in [-0.3, -0.25) is 4.79 Å². The number of alkyl halides is 3. The van der Waals surface area contributed by atoms with Crippen LogP contribution in [0.2, 0.25) is 0 Å². The summed E-state index contributed by atoms with van der Waals surface area (Å²) in [7, 11) is 0. The number of nitrogens with one attached hydrogen (secondary N) is 1. The van der Waals surface area contributed by atoms with Gasteiger partial charge in [-0.15, -0.1) is 0 Å². The van der Waals surface area contributed by atoms with E-state index in [-0.39, 0.29) is 25.2 Å². The van der Waals surface area contributed by atoms with Crippen LogP contribution in [0.3, 0.4) is 0 Å². The second kappa shape index (κ2) is 6.94. The topological polar surface area (TPSA) is 58.6 Å². The molecule has 0 aromatic rings. The number of rotatable bonds is 5. The fraction of sp³-hybridized carbons (Fsp3) is 0.909. The summed E-state index contributed by atoms with van der Waals surface area (Å²) in [6.45, 7) is -1.52. The van der Waals surface area contributed by atoms with Gasteiger partial charge in [-0.05, 0) is 31.6 Å². The van der Waals surface area contributed by atoms with Crippen LogP contribution in [0.25, 0.3) is 0 Å². The monoisotopic (exact) mass is 269 g/mol. The molecule has 1 aliphatic carbocycles. The lowest BCUT2D eigenvalue weighted by atomic mass is 9.88. The Morgan fingerprint density at radius 2 is 1.89 bits per heavy atom. The molecule has 106 valence electrons. The number of ether oxygens (including phenoxy) is 1. The van der Waals surface area contributed by atoms with Gasteiger partial charge < -0.3 is 15.2 Å². The molecule has 0 aromatic heterocycles. The molecule has 0 spiro atoms. The first-order chi connectivity index (χ1) is 8.40. The number of carbonyl (C=O) groups excluding carboxylic acids is 1. The predicted molar refractivity (Wildman–Crippen MR) is 57.8 cm³/mol. The van der Waals surface area contributed by atoms with Gasteiger partial charge in [0.25, 0.3) is 0 Å². The molecule has 0 atom stereocenters. The van der Waals surface area contributed by atoms with E-state index in [0.29, 0.717) is 0 Å². The van der Waals surface area contributed by atoms with Gasteiger partial charge in [0, 0.05) is 6.61 Å². The molecule has 1 saturated carbocycles. The van der Waals surface area contributed by atoms with Gasteiger partial charge in [-0.2, -0.15) is 13.2 Å². The summed E-state index contributed by atoms with van der Waals surface area (Å²) < 4.78 is 40.7. The van der Waals surface area contributed by atoms with Crippen molar-refractivity contribution in [1.82, 2.24) is 5.32 Å². The molecule has 0 heterocycles. The third kappa shape index (κ3) is 6.20. The van der Waals surface area contributed by atoms with E-state index in [1.54, 1.807) is 5.32 Å². The fourth-order valence-corrected chi connectivity index (χ4v) is 1.92. The Hall–Kier alpha value is -0.820. The summed E-state index contributed by atoms with van der Waals surface area (Å²) in [5.41, 5.74) is 0. The van der Waals surface area contributed by atoms with Crippen molar-refractivity contribution in [3.05, 3.63) is 0 Å². The number of amides is 1. The number of halogens is 3. The van der Waals surface area contributed by atoms with Crippen LogP contribution in [0.4, 0.5) is 13.2 Å². The molecule has 7 heteroatoms. The van der Waals surface area contributed by atoms with Crippen molar-refractivity contribution in [2.75, 3.05) is 19.8 Å². The van der Waals surface area contributed by atoms with Crippen molar-refractivity contribution in [1.29, 1.82) is 0 Å². The van der Waals surface area contributed by atoms with Gasteiger partial charge in [-0.1, -0.05) is 0 Å².